The van der Waals surface area contributed by atoms with Crippen molar-refractivity contribution in [2.75, 3.05) is 13.2 Å². The van der Waals surface area contributed by atoms with Gasteiger partial charge in [0.2, 0.25) is 5.91 Å². The van der Waals surface area contributed by atoms with Gasteiger partial charge in [-0.05, 0) is 18.6 Å². The van der Waals surface area contributed by atoms with Crippen LogP contribution >= 0.6 is 0 Å². The first-order valence-corrected chi connectivity index (χ1v) is 8.01. The van der Waals surface area contributed by atoms with Crippen molar-refractivity contribution in [3.63, 3.8) is 0 Å². The number of carboxylic acid groups (broad SMARTS) is 1. The number of likely N-dealkylation sites (tertiary alicyclic amines) is 1. The Bertz CT molecular complexity index is 819. The SMILES string of the molecule is CC(=O)O.O=C1CCC(N2C(=O)c3cccc(F)c3C2=O)C(=O)N1CCO. The number of piperidine rings is 1. The van der Waals surface area contributed by atoms with E-state index < -0.39 is 48.1 Å². The van der Waals surface area contributed by atoms with E-state index in [1.807, 2.05) is 0 Å². The number of carboxylic acids is 1. The molecule has 2 aliphatic rings. The molecule has 1 atom stereocenters. The number of hydrogen-bond acceptors (Lipinski definition) is 6. The molecule has 0 aliphatic carbocycles. The summed E-state index contributed by atoms with van der Waals surface area (Å²) in [7, 11) is 0. The average molecular weight is 380 g/mol. The quantitative estimate of drug-likeness (QED) is 0.707. The summed E-state index contributed by atoms with van der Waals surface area (Å²) in [6.07, 6.45) is -0.0427. The highest BCUT2D eigenvalue weighted by molar-refractivity contribution is 6.23. The lowest BCUT2D eigenvalue weighted by atomic mass is 10.0. The molecule has 0 radical (unpaired) electrons. The second-order valence-electron chi connectivity index (χ2n) is 5.82. The fourth-order valence-corrected chi connectivity index (χ4v) is 2.94. The van der Waals surface area contributed by atoms with Crippen LogP contribution in [-0.2, 0) is 14.4 Å². The van der Waals surface area contributed by atoms with Gasteiger partial charge in [-0.15, -0.1) is 0 Å². The second-order valence-corrected chi connectivity index (χ2v) is 5.82. The van der Waals surface area contributed by atoms with Gasteiger partial charge in [0.25, 0.3) is 23.7 Å². The molecule has 9 nitrogen and oxygen atoms in total. The van der Waals surface area contributed by atoms with Gasteiger partial charge in [-0.3, -0.25) is 33.8 Å². The number of nitrogens with zero attached hydrogens (tertiary/aromatic N) is 2. The van der Waals surface area contributed by atoms with Crippen molar-refractivity contribution >= 4 is 29.6 Å². The molecule has 1 saturated heterocycles. The minimum atomic E-state index is -1.16. The molecule has 0 aromatic heterocycles. The highest BCUT2D eigenvalue weighted by atomic mass is 19.1. The number of benzene rings is 1. The first-order chi connectivity index (χ1) is 12.7. The zero-order valence-electron chi connectivity index (χ0n) is 14.3. The van der Waals surface area contributed by atoms with E-state index in [1.54, 1.807) is 0 Å². The Morgan fingerprint density at radius 2 is 1.85 bits per heavy atom. The van der Waals surface area contributed by atoms with Crippen molar-refractivity contribution < 1.29 is 38.6 Å². The van der Waals surface area contributed by atoms with Crippen LogP contribution in [0.4, 0.5) is 4.39 Å². The molecule has 144 valence electrons. The molecule has 2 heterocycles. The maximum absolute atomic E-state index is 13.8. The molecule has 2 N–H and O–H groups in total. The summed E-state index contributed by atoms with van der Waals surface area (Å²) in [5.41, 5.74) is -0.440. The van der Waals surface area contributed by atoms with Gasteiger partial charge >= 0.3 is 0 Å². The Hall–Kier alpha value is -3.14. The predicted octanol–water partition coefficient (Wildman–Crippen LogP) is 0.0225. The average Bonchev–Trinajstić information content (AvgIpc) is 2.84. The van der Waals surface area contributed by atoms with Crippen molar-refractivity contribution in [2.45, 2.75) is 25.8 Å². The number of carbonyl (C=O) groups excluding carboxylic acids is 4. The maximum atomic E-state index is 13.8. The number of rotatable bonds is 3. The lowest BCUT2D eigenvalue weighted by Crippen LogP contribution is -2.56. The number of halogens is 1. The van der Waals surface area contributed by atoms with E-state index in [4.69, 9.17) is 15.0 Å². The van der Waals surface area contributed by atoms with Gasteiger partial charge in [0.15, 0.2) is 0 Å². The van der Waals surface area contributed by atoms with Gasteiger partial charge in [-0.25, -0.2) is 4.39 Å². The van der Waals surface area contributed by atoms with Crippen LogP contribution in [0.2, 0.25) is 0 Å². The van der Waals surface area contributed by atoms with E-state index in [0.29, 0.717) is 4.90 Å². The summed E-state index contributed by atoms with van der Waals surface area (Å²) in [5, 5.41) is 16.4. The molecular formula is C17H17FN2O7. The van der Waals surface area contributed by atoms with Crippen LogP contribution in [0, 0.1) is 5.82 Å². The Balaban J connectivity index is 0.000000596. The second kappa shape index (κ2) is 8.04. The van der Waals surface area contributed by atoms with Crippen molar-refractivity contribution in [1.29, 1.82) is 0 Å². The van der Waals surface area contributed by atoms with E-state index >= 15 is 0 Å². The van der Waals surface area contributed by atoms with Gasteiger partial charge in [0, 0.05) is 13.3 Å². The van der Waals surface area contributed by atoms with Crippen molar-refractivity contribution in [3.05, 3.63) is 35.1 Å². The molecule has 0 saturated carbocycles. The molecule has 10 heteroatoms. The third-order valence-corrected chi connectivity index (χ3v) is 4.01. The largest absolute Gasteiger partial charge is 0.481 e. The standard InChI is InChI=1S/C15H13FN2O5.C2H4O2/c16-9-3-1-2-8-12(9)15(23)18(13(8)21)10-4-5-11(20)17(6-7-19)14(10)22;1-2(3)4/h1-3,10,19H,4-7H2;1H3,(H,3,4). The minimum Gasteiger partial charge on any atom is -0.481 e. The van der Waals surface area contributed by atoms with E-state index in [1.165, 1.54) is 12.1 Å². The van der Waals surface area contributed by atoms with Crippen LogP contribution in [-0.4, -0.2) is 68.8 Å². The number of aliphatic carboxylic acids is 1. The number of carbonyl (C=O) groups is 5. The summed E-state index contributed by atoms with van der Waals surface area (Å²) in [6, 6.07) is 2.54. The Morgan fingerprint density at radius 1 is 1.22 bits per heavy atom. The molecule has 0 bridgehead atoms. The monoisotopic (exact) mass is 380 g/mol. The zero-order valence-corrected chi connectivity index (χ0v) is 14.3. The molecular weight excluding hydrogens is 363 g/mol. The lowest BCUT2D eigenvalue weighted by Gasteiger charge is -2.34. The van der Waals surface area contributed by atoms with E-state index in [9.17, 15) is 23.6 Å². The first kappa shape index (κ1) is 20.2. The summed E-state index contributed by atoms with van der Waals surface area (Å²) in [6.45, 7) is 0.465. The van der Waals surface area contributed by atoms with Gasteiger partial charge in [0.05, 0.1) is 24.3 Å². The van der Waals surface area contributed by atoms with Crippen LogP contribution in [0.5, 0.6) is 0 Å². The van der Waals surface area contributed by atoms with Gasteiger partial charge < -0.3 is 10.2 Å². The van der Waals surface area contributed by atoms with Crippen LogP contribution < -0.4 is 0 Å². The summed E-state index contributed by atoms with van der Waals surface area (Å²) < 4.78 is 13.8. The van der Waals surface area contributed by atoms with Crippen LogP contribution in [0.3, 0.4) is 0 Å². The van der Waals surface area contributed by atoms with Crippen LogP contribution in [0.25, 0.3) is 0 Å². The number of hydrogen-bond donors (Lipinski definition) is 2. The van der Waals surface area contributed by atoms with Gasteiger partial charge in [0.1, 0.15) is 11.9 Å². The van der Waals surface area contributed by atoms with Crippen molar-refractivity contribution in [3.8, 4) is 0 Å². The molecule has 1 unspecified atom stereocenters. The molecule has 1 fully saturated rings. The van der Waals surface area contributed by atoms with E-state index in [2.05, 4.69) is 0 Å². The first-order valence-electron chi connectivity index (χ1n) is 8.01. The van der Waals surface area contributed by atoms with Crippen molar-refractivity contribution in [2.24, 2.45) is 0 Å². The fourth-order valence-electron chi connectivity index (χ4n) is 2.94. The topological polar surface area (TPSA) is 132 Å². The summed E-state index contributed by atoms with van der Waals surface area (Å²) in [5.74, 6) is -4.48. The maximum Gasteiger partial charge on any atom is 0.300 e. The smallest absolute Gasteiger partial charge is 0.300 e. The Kier molecular flexibility index (Phi) is 6.01. The molecule has 2 aliphatic heterocycles. The zero-order chi connectivity index (χ0) is 20.3. The third kappa shape index (κ3) is 3.85. The van der Waals surface area contributed by atoms with Crippen LogP contribution in [0.15, 0.2) is 18.2 Å². The molecule has 4 amide bonds. The van der Waals surface area contributed by atoms with Crippen molar-refractivity contribution in [1.82, 2.24) is 9.80 Å². The fraction of sp³-hybridized carbons (Fsp3) is 0.353. The summed E-state index contributed by atoms with van der Waals surface area (Å²) in [4.78, 5) is 59.4. The number of aliphatic hydroxyl groups excluding tert-OH is 1. The van der Waals surface area contributed by atoms with E-state index in [-0.39, 0.29) is 30.5 Å². The number of aliphatic hydroxyl groups is 1. The molecule has 27 heavy (non-hydrogen) atoms. The minimum absolute atomic E-state index is 0.00726. The Labute approximate surface area is 153 Å². The molecule has 1 aromatic carbocycles. The van der Waals surface area contributed by atoms with Crippen LogP contribution in [0.1, 0.15) is 40.5 Å². The molecule has 3 rings (SSSR count). The highest BCUT2D eigenvalue weighted by Crippen LogP contribution is 2.30. The van der Waals surface area contributed by atoms with E-state index in [0.717, 1.165) is 17.9 Å². The number of imide groups is 2. The summed E-state index contributed by atoms with van der Waals surface area (Å²) >= 11 is 0. The number of amides is 4. The normalized spacial score (nSPS) is 19.0. The lowest BCUT2D eigenvalue weighted by molar-refractivity contribution is -0.152. The predicted molar refractivity (Wildman–Crippen MR) is 87.0 cm³/mol. The van der Waals surface area contributed by atoms with Gasteiger partial charge in [-0.2, -0.15) is 0 Å². The molecule has 0 spiro atoms. The molecule has 1 aromatic rings. The number of fused-ring (bicyclic) bond motifs is 1. The Morgan fingerprint density at radius 3 is 2.41 bits per heavy atom. The third-order valence-electron chi connectivity index (χ3n) is 4.01. The number of β-amino-alcohol motifs (C(OH)–C–C–N with tert-alkyl or cyclic N) is 1. The highest BCUT2D eigenvalue weighted by Gasteiger charge is 2.47. The van der Waals surface area contributed by atoms with Gasteiger partial charge in [-0.1, -0.05) is 6.07 Å².